The van der Waals surface area contributed by atoms with Gasteiger partial charge in [0, 0.05) is 20.3 Å². The number of carbonyl (C=O) groups excluding carboxylic acids is 2. The number of esters is 1. The molecule has 0 aliphatic carbocycles. The number of hydrogen-bond acceptors (Lipinski definition) is 4. The standard InChI is InChI=1S/C7H12O4/c1-4-6(9)11-7(2,3)10-5-8/h5H,4H2,1-3H3. The summed E-state index contributed by atoms with van der Waals surface area (Å²) in [6, 6.07) is 0. The summed E-state index contributed by atoms with van der Waals surface area (Å²) in [6.07, 6.45) is 0.269. The Morgan fingerprint density at radius 1 is 1.55 bits per heavy atom. The molecule has 0 rings (SSSR count). The highest BCUT2D eigenvalue weighted by Crippen LogP contribution is 2.10. The van der Waals surface area contributed by atoms with Crippen LogP contribution in [-0.2, 0) is 19.1 Å². The summed E-state index contributed by atoms with van der Waals surface area (Å²) < 4.78 is 9.21. The fourth-order valence-corrected chi connectivity index (χ4v) is 0.486. The SMILES string of the molecule is CCC(=O)OC(C)(C)OC=O. The first-order valence-corrected chi connectivity index (χ1v) is 3.35. The third-order valence-corrected chi connectivity index (χ3v) is 0.980. The average molecular weight is 160 g/mol. The molecule has 0 saturated carbocycles. The van der Waals surface area contributed by atoms with Gasteiger partial charge >= 0.3 is 5.97 Å². The van der Waals surface area contributed by atoms with Gasteiger partial charge in [0.2, 0.25) is 0 Å². The summed E-state index contributed by atoms with van der Waals surface area (Å²) in [5, 5.41) is 0. The van der Waals surface area contributed by atoms with Crippen LogP contribution in [0, 0.1) is 0 Å². The van der Waals surface area contributed by atoms with Gasteiger partial charge in [0.1, 0.15) is 0 Å². The Labute approximate surface area is 65.5 Å². The summed E-state index contributed by atoms with van der Waals surface area (Å²) in [6.45, 7) is 4.91. The van der Waals surface area contributed by atoms with E-state index in [9.17, 15) is 9.59 Å². The Morgan fingerprint density at radius 2 is 2.09 bits per heavy atom. The lowest BCUT2D eigenvalue weighted by Crippen LogP contribution is -2.30. The Hall–Kier alpha value is -1.06. The smallest absolute Gasteiger partial charge is 0.308 e. The average Bonchev–Trinajstić information content (AvgIpc) is 1.86. The lowest BCUT2D eigenvalue weighted by atomic mass is 10.4. The zero-order chi connectivity index (χ0) is 8.91. The molecule has 0 heterocycles. The van der Waals surface area contributed by atoms with Gasteiger partial charge in [-0.05, 0) is 0 Å². The van der Waals surface area contributed by atoms with Gasteiger partial charge in [-0.3, -0.25) is 9.59 Å². The molecule has 0 N–H and O–H groups in total. The number of rotatable bonds is 4. The Bertz CT molecular complexity index is 151. The van der Waals surface area contributed by atoms with Crippen molar-refractivity contribution in [3.05, 3.63) is 0 Å². The third kappa shape index (κ3) is 4.36. The molecule has 4 nitrogen and oxygen atoms in total. The summed E-state index contributed by atoms with van der Waals surface area (Å²) in [4.78, 5) is 20.6. The van der Waals surface area contributed by atoms with E-state index < -0.39 is 11.8 Å². The first-order valence-electron chi connectivity index (χ1n) is 3.35. The molecule has 64 valence electrons. The Kier molecular flexibility index (Phi) is 3.57. The molecule has 0 aromatic heterocycles. The highest BCUT2D eigenvalue weighted by atomic mass is 16.7. The molecular weight excluding hydrogens is 148 g/mol. The van der Waals surface area contributed by atoms with Crippen LogP contribution in [0.25, 0.3) is 0 Å². The number of carbonyl (C=O) groups is 2. The summed E-state index contributed by atoms with van der Waals surface area (Å²) in [5.41, 5.74) is 0. The Balaban J connectivity index is 3.89. The monoisotopic (exact) mass is 160 g/mol. The number of ether oxygens (including phenoxy) is 2. The van der Waals surface area contributed by atoms with Crippen LogP contribution in [0.4, 0.5) is 0 Å². The molecule has 0 fully saturated rings. The van der Waals surface area contributed by atoms with Crippen LogP contribution in [0.1, 0.15) is 27.2 Å². The number of hydrogen-bond donors (Lipinski definition) is 0. The van der Waals surface area contributed by atoms with Gasteiger partial charge in [-0.1, -0.05) is 6.92 Å². The maximum absolute atomic E-state index is 10.7. The molecule has 0 aliphatic heterocycles. The van der Waals surface area contributed by atoms with Crippen LogP contribution in [0.2, 0.25) is 0 Å². The van der Waals surface area contributed by atoms with Crippen LogP contribution >= 0.6 is 0 Å². The van der Waals surface area contributed by atoms with Gasteiger partial charge < -0.3 is 9.47 Å². The van der Waals surface area contributed by atoms with Crippen molar-refractivity contribution in [2.45, 2.75) is 33.0 Å². The van der Waals surface area contributed by atoms with E-state index in [-0.39, 0.29) is 12.9 Å². The van der Waals surface area contributed by atoms with Gasteiger partial charge in [0.05, 0.1) is 0 Å². The summed E-state index contributed by atoms with van der Waals surface area (Å²) in [5.74, 6) is -1.54. The van der Waals surface area contributed by atoms with Crippen LogP contribution in [0.5, 0.6) is 0 Å². The van der Waals surface area contributed by atoms with E-state index in [0.29, 0.717) is 0 Å². The predicted molar refractivity (Wildman–Crippen MR) is 37.6 cm³/mol. The zero-order valence-corrected chi connectivity index (χ0v) is 6.92. The molecule has 11 heavy (non-hydrogen) atoms. The molecular formula is C7H12O4. The fourth-order valence-electron chi connectivity index (χ4n) is 0.486. The second-order valence-corrected chi connectivity index (χ2v) is 2.44. The molecule has 0 aromatic rings. The molecule has 0 atom stereocenters. The molecule has 0 bridgehead atoms. The van der Waals surface area contributed by atoms with E-state index in [1.165, 1.54) is 13.8 Å². The minimum Gasteiger partial charge on any atom is -0.425 e. The third-order valence-electron chi connectivity index (χ3n) is 0.980. The van der Waals surface area contributed by atoms with E-state index >= 15 is 0 Å². The van der Waals surface area contributed by atoms with Crippen LogP contribution < -0.4 is 0 Å². The maximum Gasteiger partial charge on any atom is 0.308 e. The minimum absolute atomic E-state index is 0.253. The van der Waals surface area contributed by atoms with Crippen molar-refractivity contribution < 1.29 is 19.1 Å². The molecule has 0 spiro atoms. The van der Waals surface area contributed by atoms with E-state index in [0.717, 1.165) is 0 Å². The second kappa shape index (κ2) is 3.95. The lowest BCUT2D eigenvalue weighted by molar-refractivity contribution is -0.207. The maximum atomic E-state index is 10.7. The van der Waals surface area contributed by atoms with E-state index in [4.69, 9.17) is 4.74 Å². The van der Waals surface area contributed by atoms with Crippen molar-refractivity contribution in [1.82, 2.24) is 0 Å². The zero-order valence-electron chi connectivity index (χ0n) is 6.92. The molecule has 0 aromatic carbocycles. The van der Waals surface area contributed by atoms with Crippen molar-refractivity contribution in [3.63, 3.8) is 0 Å². The van der Waals surface area contributed by atoms with E-state index in [1.807, 2.05) is 0 Å². The first kappa shape index (κ1) is 9.94. The second-order valence-electron chi connectivity index (χ2n) is 2.44. The largest absolute Gasteiger partial charge is 0.425 e. The van der Waals surface area contributed by atoms with Crippen molar-refractivity contribution in [1.29, 1.82) is 0 Å². The Morgan fingerprint density at radius 3 is 2.45 bits per heavy atom. The summed E-state index contributed by atoms with van der Waals surface area (Å²) in [7, 11) is 0. The molecule has 0 unspecified atom stereocenters. The van der Waals surface area contributed by atoms with Gasteiger partial charge in [-0.15, -0.1) is 0 Å². The molecule has 0 saturated heterocycles. The molecule has 0 radical (unpaired) electrons. The van der Waals surface area contributed by atoms with Gasteiger partial charge in [0.15, 0.2) is 0 Å². The molecule has 4 heteroatoms. The van der Waals surface area contributed by atoms with Crippen molar-refractivity contribution >= 4 is 12.4 Å². The first-order chi connectivity index (χ1) is 5.02. The van der Waals surface area contributed by atoms with Crippen LogP contribution in [-0.4, -0.2) is 18.2 Å². The highest BCUT2D eigenvalue weighted by molar-refractivity contribution is 5.69. The van der Waals surface area contributed by atoms with E-state index in [1.54, 1.807) is 6.92 Å². The van der Waals surface area contributed by atoms with Gasteiger partial charge in [-0.2, -0.15) is 0 Å². The van der Waals surface area contributed by atoms with Gasteiger partial charge in [-0.25, -0.2) is 0 Å². The van der Waals surface area contributed by atoms with Crippen molar-refractivity contribution in [2.24, 2.45) is 0 Å². The van der Waals surface area contributed by atoms with E-state index in [2.05, 4.69) is 4.74 Å². The van der Waals surface area contributed by atoms with Crippen molar-refractivity contribution in [3.8, 4) is 0 Å². The topological polar surface area (TPSA) is 52.6 Å². The van der Waals surface area contributed by atoms with Crippen molar-refractivity contribution in [2.75, 3.05) is 0 Å². The van der Waals surface area contributed by atoms with Crippen LogP contribution in [0.3, 0.4) is 0 Å². The van der Waals surface area contributed by atoms with Gasteiger partial charge in [0.25, 0.3) is 12.3 Å². The fraction of sp³-hybridized carbons (Fsp3) is 0.714. The normalized spacial score (nSPS) is 10.5. The van der Waals surface area contributed by atoms with Crippen LogP contribution in [0.15, 0.2) is 0 Å². The summed E-state index contributed by atoms with van der Waals surface area (Å²) >= 11 is 0. The minimum atomic E-state index is -1.14. The lowest BCUT2D eigenvalue weighted by Gasteiger charge is -2.21. The quantitative estimate of drug-likeness (QED) is 0.347. The molecule has 0 aliphatic rings. The predicted octanol–water partition coefficient (Wildman–Crippen LogP) is 0.849. The highest BCUT2D eigenvalue weighted by Gasteiger charge is 2.22. The molecule has 0 amide bonds.